The van der Waals surface area contributed by atoms with Gasteiger partial charge in [0.05, 0.1) is 5.69 Å². The van der Waals surface area contributed by atoms with Crippen molar-refractivity contribution in [2.75, 3.05) is 7.05 Å². The summed E-state index contributed by atoms with van der Waals surface area (Å²) in [5.74, 6) is 0.242. The molecule has 0 spiro atoms. The summed E-state index contributed by atoms with van der Waals surface area (Å²) in [5, 5.41) is 6.87. The standard InChI is InChI=1S/C21H23N3S/c1-15-10-11-19(12-16(15)2)20-14-25-21(22-4)24(20)23-13-17(3)18-8-6-5-7-9-18/h5-14,17H,1-4H3. The Hall–Kier alpha value is -2.46. The third-order valence-electron chi connectivity index (χ3n) is 4.41. The molecule has 0 fully saturated rings. The molecule has 4 heteroatoms. The molecule has 2 aromatic carbocycles. The zero-order valence-corrected chi connectivity index (χ0v) is 15.9. The normalized spacial score (nSPS) is 13.5. The second-order valence-electron chi connectivity index (χ2n) is 6.20. The molecule has 0 aliphatic carbocycles. The number of rotatable bonds is 4. The Labute approximate surface area is 153 Å². The number of hydrogen-bond donors (Lipinski definition) is 0. The number of hydrogen-bond acceptors (Lipinski definition) is 3. The van der Waals surface area contributed by atoms with Gasteiger partial charge in [-0.2, -0.15) is 5.10 Å². The molecule has 0 N–H and O–H groups in total. The second kappa shape index (κ2) is 7.62. The average molecular weight is 350 g/mol. The zero-order valence-electron chi connectivity index (χ0n) is 15.1. The van der Waals surface area contributed by atoms with E-state index in [-0.39, 0.29) is 5.92 Å². The number of nitrogens with zero attached hydrogens (tertiary/aromatic N) is 3. The molecule has 1 atom stereocenters. The lowest BCUT2D eigenvalue weighted by Gasteiger charge is -2.08. The molecule has 0 amide bonds. The van der Waals surface area contributed by atoms with Gasteiger partial charge in [-0.1, -0.05) is 49.4 Å². The van der Waals surface area contributed by atoms with Crippen molar-refractivity contribution in [1.29, 1.82) is 0 Å². The Morgan fingerprint density at radius 3 is 2.48 bits per heavy atom. The van der Waals surface area contributed by atoms with Gasteiger partial charge in [-0.25, -0.2) is 4.68 Å². The molecule has 25 heavy (non-hydrogen) atoms. The predicted octanol–water partition coefficient (Wildman–Crippen LogP) is 5.00. The largest absolute Gasteiger partial charge is 0.261 e. The minimum Gasteiger partial charge on any atom is -0.261 e. The summed E-state index contributed by atoms with van der Waals surface area (Å²) in [6.45, 7) is 6.43. The minimum atomic E-state index is 0.242. The van der Waals surface area contributed by atoms with Crippen molar-refractivity contribution in [3.63, 3.8) is 0 Å². The topological polar surface area (TPSA) is 29.6 Å². The van der Waals surface area contributed by atoms with Crippen LogP contribution in [0.5, 0.6) is 0 Å². The van der Waals surface area contributed by atoms with Crippen LogP contribution in [-0.4, -0.2) is 17.9 Å². The first-order chi connectivity index (χ1) is 12.1. The first-order valence-corrected chi connectivity index (χ1v) is 9.28. The first kappa shape index (κ1) is 17.4. The fourth-order valence-corrected chi connectivity index (χ4v) is 3.47. The summed E-state index contributed by atoms with van der Waals surface area (Å²) >= 11 is 1.61. The van der Waals surface area contributed by atoms with Crippen molar-refractivity contribution in [2.24, 2.45) is 10.1 Å². The molecule has 1 heterocycles. The molecule has 0 saturated heterocycles. The van der Waals surface area contributed by atoms with Crippen LogP contribution in [0.15, 0.2) is 64.0 Å². The van der Waals surface area contributed by atoms with Gasteiger partial charge in [-0.3, -0.25) is 4.99 Å². The Balaban J connectivity index is 2.00. The molecule has 3 nitrogen and oxygen atoms in total. The van der Waals surface area contributed by atoms with Crippen LogP contribution in [-0.2, 0) is 0 Å². The van der Waals surface area contributed by atoms with Gasteiger partial charge in [0.2, 0.25) is 4.80 Å². The highest BCUT2D eigenvalue weighted by molar-refractivity contribution is 7.07. The highest BCUT2D eigenvalue weighted by Crippen LogP contribution is 2.23. The average Bonchev–Trinajstić information content (AvgIpc) is 3.05. The second-order valence-corrected chi connectivity index (χ2v) is 7.04. The fourth-order valence-electron chi connectivity index (χ4n) is 2.67. The van der Waals surface area contributed by atoms with E-state index in [9.17, 15) is 0 Å². The lowest BCUT2D eigenvalue weighted by molar-refractivity contribution is 0.835. The van der Waals surface area contributed by atoms with Gasteiger partial charge in [0.25, 0.3) is 0 Å². The predicted molar refractivity (Wildman–Crippen MR) is 107 cm³/mol. The summed E-state index contributed by atoms with van der Waals surface area (Å²) in [6.07, 6.45) is 1.99. The highest BCUT2D eigenvalue weighted by Gasteiger charge is 2.09. The molecule has 1 aromatic heterocycles. The van der Waals surface area contributed by atoms with E-state index < -0.39 is 0 Å². The third-order valence-corrected chi connectivity index (χ3v) is 5.32. The molecule has 3 rings (SSSR count). The van der Waals surface area contributed by atoms with Crippen LogP contribution in [0.1, 0.15) is 29.5 Å². The summed E-state index contributed by atoms with van der Waals surface area (Å²) in [5.41, 5.74) is 6.08. The molecule has 0 saturated carbocycles. The maximum absolute atomic E-state index is 4.75. The van der Waals surface area contributed by atoms with Gasteiger partial charge >= 0.3 is 0 Å². The van der Waals surface area contributed by atoms with Crippen molar-refractivity contribution >= 4 is 17.6 Å². The highest BCUT2D eigenvalue weighted by atomic mass is 32.1. The quantitative estimate of drug-likeness (QED) is 0.593. The van der Waals surface area contributed by atoms with Gasteiger partial charge in [0.1, 0.15) is 0 Å². The Morgan fingerprint density at radius 2 is 1.80 bits per heavy atom. The van der Waals surface area contributed by atoms with Gasteiger partial charge in [-0.05, 0) is 36.6 Å². The molecule has 0 bridgehead atoms. The van der Waals surface area contributed by atoms with Crippen LogP contribution < -0.4 is 4.80 Å². The SMILES string of the molecule is CN=c1scc(-c2ccc(C)c(C)c2)n1N=CC(C)c1ccccc1. The van der Waals surface area contributed by atoms with Gasteiger partial charge in [0, 0.05) is 30.1 Å². The van der Waals surface area contributed by atoms with E-state index in [2.05, 4.69) is 73.6 Å². The third kappa shape index (κ3) is 3.80. The van der Waals surface area contributed by atoms with E-state index >= 15 is 0 Å². The molecule has 3 aromatic rings. The Kier molecular flexibility index (Phi) is 5.29. The maximum Gasteiger partial charge on any atom is 0.205 e. The van der Waals surface area contributed by atoms with Gasteiger partial charge in [-0.15, -0.1) is 11.3 Å². The summed E-state index contributed by atoms with van der Waals surface area (Å²) in [6, 6.07) is 16.9. The molecule has 1 unspecified atom stereocenters. The number of benzene rings is 2. The Morgan fingerprint density at radius 1 is 1.04 bits per heavy atom. The zero-order chi connectivity index (χ0) is 17.8. The van der Waals surface area contributed by atoms with Crippen molar-refractivity contribution in [3.8, 4) is 11.3 Å². The van der Waals surface area contributed by atoms with Crippen LogP contribution in [0.3, 0.4) is 0 Å². The first-order valence-electron chi connectivity index (χ1n) is 8.40. The van der Waals surface area contributed by atoms with E-state index in [1.54, 1.807) is 11.3 Å². The van der Waals surface area contributed by atoms with Crippen molar-refractivity contribution < 1.29 is 0 Å². The van der Waals surface area contributed by atoms with Crippen molar-refractivity contribution in [2.45, 2.75) is 26.7 Å². The maximum atomic E-state index is 4.75. The summed E-state index contributed by atoms with van der Waals surface area (Å²) < 4.78 is 1.94. The van der Waals surface area contributed by atoms with Crippen LogP contribution in [0.4, 0.5) is 0 Å². The van der Waals surface area contributed by atoms with Crippen LogP contribution >= 0.6 is 11.3 Å². The number of thiazole rings is 1. The number of aryl methyl sites for hydroxylation is 2. The number of aromatic nitrogens is 1. The Bertz CT molecular complexity index is 949. The van der Waals surface area contributed by atoms with E-state index in [4.69, 9.17) is 5.10 Å². The van der Waals surface area contributed by atoms with E-state index in [1.807, 2.05) is 24.0 Å². The monoisotopic (exact) mass is 349 g/mol. The molecule has 0 radical (unpaired) electrons. The minimum absolute atomic E-state index is 0.242. The molecular formula is C21H23N3S. The summed E-state index contributed by atoms with van der Waals surface area (Å²) in [7, 11) is 1.81. The fraction of sp³-hybridized carbons (Fsp3) is 0.238. The molecule has 0 aliphatic heterocycles. The lowest BCUT2D eigenvalue weighted by Crippen LogP contribution is -2.12. The molecule has 128 valence electrons. The van der Waals surface area contributed by atoms with E-state index in [0.717, 1.165) is 10.5 Å². The lowest BCUT2D eigenvalue weighted by atomic mass is 10.0. The summed E-state index contributed by atoms with van der Waals surface area (Å²) in [4.78, 5) is 5.27. The molecule has 0 aliphatic rings. The smallest absolute Gasteiger partial charge is 0.205 e. The van der Waals surface area contributed by atoms with Crippen molar-refractivity contribution in [1.82, 2.24) is 4.68 Å². The van der Waals surface area contributed by atoms with Crippen LogP contribution in [0, 0.1) is 13.8 Å². The van der Waals surface area contributed by atoms with E-state index in [0.29, 0.717) is 0 Å². The van der Waals surface area contributed by atoms with Gasteiger partial charge in [0.15, 0.2) is 0 Å². The van der Waals surface area contributed by atoms with Crippen LogP contribution in [0.2, 0.25) is 0 Å². The van der Waals surface area contributed by atoms with E-state index in [1.165, 1.54) is 22.3 Å². The molecular weight excluding hydrogens is 326 g/mol. The van der Waals surface area contributed by atoms with Gasteiger partial charge < -0.3 is 0 Å². The van der Waals surface area contributed by atoms with Crippen molar-refractivity contribution in [3.05, 3.63) is 75.4 Å². The van der Waals surface area contributed by atoms with Crippen LogP contribution in [0.25, 0.3) is 11.3 Å².